The Kier molecular flexibility index (Phi) is 8.89. The largest absolute Gasteiger partial charge is 0.447 e. The van der Waals surface area contributed by atoms with Gasteiger partial charge in [0.05, 0.1) is 54.7 Å². The van der Waals surface area contributed by atoms with E-state index in [0.717, 1.165) is 5.56 Å². The smallest absolute Gasteiger partial charge is 0.416 e. The third-order valence-corrected chi connectivity index (χ3v) is 8.56. The highest BCUT2D eigenvalue weighted by Gasteiger charge is 2.53. The number of hydrogen-bond acceptors (Lipinski definition) is 6. The quantitative estimate of drug-likeness (QED) is 0.428. The Labute approximate surface area is 250 Å². The number of halogens is 6. The highest BCUT2D eigenvalue weighted by molar-refractivity contribution is 5.80. The Balaban J connectivity index is 1.39. The number of carbonyl (C=O) groups is 2. The van der Waals surface area contributed by atoms with E-state index in [1.807, 2.05) is 23.1 Å². The van der Waals surface area contributed by atoms with Crippen LogP contribution in [0.2, 0.25) is 0 Å². The number of rotatable bonds is 7. The molecule has 3 heterocycles. The summed E-state index contributed by atoms with van der Waals surface area (Å²) >= 11 is 0. The molecule has 14 heteroatoms. The van der Waals surface area contributed by atoms with Gasteiger partial charge in [-0.3, -0.25) is 9.69 Å². The summed E-state index contributed by atoms with van der Waals surface area (Å²) in [6.07, 6.45) is -10.8. The van der Waals surface area contributed by atoms with Gasteiger partial charge in [0.1, 0.15) is 6.61 Å². The Morgan fingerprint density at radius 2 is 1.61 bits per heavy atom. The molecule has 0 radical (unpaired) electrons. The lowest BCUT2D eigenvalue weighted by molar-refractivity contribution is -0.147. The van der Waals surface area contributed by atoms with Gasteiger partial charge in [-0.05, 0) is 49.1 Å². The van der Waals surface area contributed by atoms with Crippen LogP contribution >= 0.6 is 0 Å². The molecule has 1 unspecified atom stereocenters. The molecular formula is C30H33F6N3O5. The zero-order chi connectivity index (χ0) is 31.8. The summed E-state index contributed by atoms with van der Waals surface area (Å²) in [4.78, 5) is 29.1. The fraction of sp³-hybridized carbons (Fsp3) is 0.533. The Hall–Kier alpha value is -3.36. The standard InChI is InChI=1S/C30H33F6N3O5/c1-20(21-13-23(29(31,32)33)15-24(14-21)30(34,35)36)43-19-28(22-5-3-2-4-6-22)8-7-27(17-39(28)16-25(40)37-27)18-44-26(41)38-9-11-42-12-10-38/h2-6,13-15,20H,7-12,16-19H2,1H3,(H,37,40)/t20-,27-,28-/m1/s1. The molecule has 3 aliphatic rings. The van der Waals surface area contributed by atoms with Crippen LogP contribution < -0.4 is 5.32 Å². The predicted molar refractivity (Wildman–Crippen MR) is 144 cm³/mol. The zero-order valence-electron chi connectivity index (χ0n) is 24.0. The molecule has 1 N–H and O–H groups in total. The first kappa shape index (κ1) is 32.0. The number of fused-ring (bicyclic) bond motifs is 2. The molecule has 0 aliphatic carbocycles. The molecular weight excluding hydrogens is 596 g/mol. The van der Waals surface area contributed by atoms with E-state index in [1.54, 1.807) is 12.1 Å². The molecule has 5 rings (SSSR count). The minimum Gasteiger partial charge on any atom is -0.447 e. The molecule has 240 valence electrons. The molecule has 2 bridgehead atoms. The fourth-order valence-electron chi connectivity index (χ4n) is 6.10. The number of benzene rings is 2. The van der Waals surface area contributed by atoms with Gasteiger partial charge in [-0.1, -0.05) is 30.3 Å². The van der Waals surface area contributed by atoms with E-state index in [2.05, 4.69) is 5.32 Å². The average molecular weight is 630 g/mol. The molecule has 2 aromatic carbocycles. The van der Waals surface area contributed by atoms with Gasteiger partial charge in [-0.2, -0.15) is 26.3 Å². The molecule has 0 saturated carbocycles. The molecule has 3 saturated heterocycles. The summed E-state index contributed by atoms with van der Waals surface area (Å²) in [5.41, 5.74) is -4.15. The second-order valence-electron chi connectivity index (χ2n) is 11.5. The Morgan fingerprint density at radius 1 is 0.977 bits per heavy atom. The molecule has 44 heavy (non-hydrogen) atoms. The highest BCUT2D eigenvalue weighted by atomic mass is 19.4. The number of nitrogens with zero attached hydrogens (tertiary/aromatic N) is 2. The van der Waals surface area contributed by atoms with Gasteiger partial charge in [0.25, 0.3) is 0 Å². The fourth-order valence-corrected chi connectivity index (χ4v) is 6.10. The van der Waals surface area contributed by atoms with Gasteiger partial charge < -0.3 is 24.4 Å². The van der Waals surface area contributed by atoms with Crippen molar-refractivity contribution in [2.45, 2.75) is 49.3 Å². The third kappa shape index (κ3) is 6.81. The molecule has 8 nitrogen and oxygen atoms in total. The van der Waals surface area contributed by atoms with E-state index in [4.69, 9.17) is 14.2 Å². The molecule has 0 spiro atoms. The summed E-state index contributed by atoms with van der Waals surface area (Å²) in [6, 6.07) is 10.5. The minimum absolute atomic E-state index is 0.0342. The lowest BCUT2D eigenvalue weighted by atomic mass is 9.73. The average Bonchev–Trinajstić information content (AvgIpc) is 2.99. The van der Waals surface area contributed by atoms with E-state index in [0.29, 0.717) is 51.3 Å². The van der Waals surface area contributed by atoms with E-state index in [9.17, 15) is 35.9 Å². The second-order valence-corrected chi connectivity index (χ2v) is 11.5. The number of ether oxygens (including phenoxy) is 3. The van der Waals surface area contributed by atoms with Crippen molar-refractivity contribution in [2.75, 3.05) is 52.6 Å². The van der Waals surface area contributed by atoms with Crippen molar-refractivity contribution in [2.24, 2.45) is 0 Å². The van der Waals surface area contributed by atoms with E-state index < -0.39 is 46.8 Å². The Morgan fingerprint density at radius 3 is 2.23 bits per heavy atom. The molecule has 2 amide bonds. The van der Waals surface area contributed by atoms with Gasteiger partial charge in [0.2, 0.25) is 5.91 Å². The normalized spacial score (nSPS) is 26.6. The second kappa shape index (κ2) is 12.2. The highest BCUT2D eigenvalue weighted by Crippen LogP contribution is 2.44. The summed E-state index contributed by atoms with van der Waals surface area (Å²) in [5.74, 6) is -0.306. The summed E-state index contributed by atoms with van der Waals surface area (Å²) in [6.45, 7) is 3.06. The number of hydrogen-bond donors (Lipinski definition) is 1. The predicted octanol–water partition coefficient (Wildman–Crippen LogP) is 5.13. The van der Waals surface area contributed by atoms with E-state index in [-0.39, 0.29) is 43.8 Å². The number of piperidine rings is 1. The van der Waals surface area contributed by atoms with Crippen LogP contribution in [0.25, 0.3) is 0 Å². The molecule has 3 aliphatic heterocycles. The monoisotopic (exact) mass is 629 g/mol. The molecule has 3 fully saturated rings. The van der Waals surface area contributed by atoms with Crippen LogP contribution in [0.1, 0.15) is 48.1 Å². The van der Waals surface area contributed by atoms with Gasteiger partial charge in [-0.15, -0.1) is 0 Å². The number of piperazine rings is 1. The van der Waals surface area contributed by atoms with E-state index >= 15 is 0 Å². The maximum Gasteiger partial charge on any atom is 0.416 e. The summed E-state index contributed by atoms with van der Waals surface area (Å²) in [5, 5.41) is 2.99. The summed E-state index contributed by atoms with van der Waals surface area (Å²) < 4.78 is 98.0. The van der Waals surface area contributed by atoms with Gasteiger partial charge in [0, 0.05) is 19.6 Å². The van der Waals surface area contributed by atoms with Crippen LogP contribution in [0.15, 0.2) is 48.5 Å². The van der Waals surface area contributed by atoms with Crippen LogP contribution in [0.4, 0.5) is 31.1 Å². The number of carbonyl (C=O) groups excluding carboxylic acids is 2. The van der Waals surface area contributed by atoms with E-state index in [1.165, 1.54) is 11.8 Å². The SMILES string of the molecule is C[C@@H](OC[C@@]1(c2ccccc2)CC[C@]2(COC(=O)N3CCOCC3)CN1CC(=O)N2)c1cc(C(F)(F)F)cc(C(F)(F)F)c1. The third-order valence-electron chi connectivity index (χ3n) is 8.56. The molecule has 2 aromatic rings. The minimum atomic E-state index is -4.99. The van der Waals surface area contributed by atoms with Crippen molar-refractivity contribution < 1.29 is 50.1 Å². The molecule has 4 atom stereocenters. The van der Waals surface area contributed by atoms with Gasteiger partial charge in [-0.25, -0.2) is 4.79 Å². The first-order valence-electron chi connectivity index (χ1n) is 14.2. The first-order valence-corrected chi connectivity index (χ1v) is 14.2. The zero-order valence-corrected chi connectivity index (χ0v) is 24.0. The van der Waals surface area contributed by atoms with Gasteiger partial charge >= 0.3 is 18.4 Å². The van der Waals surface area contributed by atoms with Gasteiger partial charge in [0.15, 0.2) is 0 Å². The number of nitrogens with one attached hydrogen (secondary N) is 1. The maximum atomic E-state index is 13.5. The Bertz CT molecular complexity index is 1320. The van der Waals surface area contributed by atoms with Crippen molar-refractivity contribution >= 4 is 12.0 Å². The number of morpholine rings is 1. The van der Waals surface area contributed by atoms with Crippen molar-refractivity contribution in [1.29, 1.82) is 0 Å². The first-order chi connectivity index (χ1) is 20.7. The number of alkyl halides is 6. The molecule has 0 aromatic heterocycles. The van der Waals surface area contributed by atoms with Crippen molar-refractivity contribution in [1.82, 2.24) is 15.1 Å². The number of amides is 2. The maximum absolute atomic E-state index is 13.5. The lowest BCUT2D eigenvalue weighted by Crippen LogP contribution is -2.73. The van der Waals surface area contributed by atoms with Crippen molar-refractivity contribution in [3.63, 3.8) is 0 Å². The van der Waals surface area contributed by atoms with Crippen molar-refractivity contribution in [3.8, 4) is 0 Å². The topological polar surface area (TPSA) is 80.3 Å². The van der Waals surface area contributed by atoms with Crippen LogP contribution in [0.3, 0.4) is 0 Å². The lowest BCUT2D eigenvalue weighted by Gasteiger charge is -2.56. The van der Waals surface area contributed by atoms with Crippen LogP contribution in [-0.4, -0.2) is 79.9 Å². The van der Waals surface area contributed by atoms with Crippen LogP contribution in [-0.2, 0) is 36.9 Å². The van der Waals surface area contributed by atoms with Crippen molar-refractivity contribution in [3.05, 3.63) is 70.8 Å². The van der Waals surface area contributed by atoms with Crippen LogP contribution in [0, 0.1) is 0 Å². The summed E-state index contributed by atoms with van der Waals surface area (Å²) in [7, 11) is 0. The van der Waals surface area contributed by atoms with Crippen LogP contribution in [0.5, 0.6) is 0 Å².